The molecule has 0 unspecified atom stereocenters. The smallest absolute Gasteiger partial charge is 0.261 e. The minimum absolute atomic E-state index is 0.168. The van der Waals surface area contributed by atoms with Gasteiger partial charge in [0.2, 0.25) is 5.91 Å². The van der Waals surface area contributed by atoms with Crippen LogP contribution in [0, 0.1) is 0 Å². The SMILES string of the molecule is COCCNCC(=O)NCc1ccccc1NS(=O)(=O)c1ccccc1. The van der Waals surface area contributed by atoms with Crippen LogP contribution in [0.5, 0.6) is 0 Å². The number of anilines is 1. The lowest BCUT2D eigenvalue weighted by atomic mass is 10.2. The fourth-order valence-electron chi connectivity index (χ4n) is 2.21. The molecule has 2 rings (SSSR count). The van der Waals surface area contributed by atoms with Crippen molar-refractivity contribution in [2.24, 2.45) is 0 Å². The van der Waals surface area contributed by atoms with E-state index in [1.54, 1.807) is 49.6 Å². The number of sulfonamides is 1. The molecule has 0 bridgehead atoms. The van der Waals surface area contributed by atoms with E-state index in [1.807, 2.05) is 0 Å². The van der Waals surface area contributed by atoms with Crippen LogP contribution in [-0.2, 0) is 26.1 Å². The summed E-state index contributed by atoms with van der Waals surface area (Å²) in [5, 5.41) is 5.71. The second-order valence-electron chi connectivity index (χ2n) is 5.52. The van der Waals surface area contributed by atoms with E-state index in [-0.39, 0.29) is 23.9 Å². The first kappa shape index (κ1) is 19.9. The Balaban J connectivity index is 1.98. The number of carbonyl (C=O) groups is 1. The first-order chi connectivity index (χ1) is 12.5. The van der Waals surface area contributed by atoms with E-state index >= 15 is 0 Å². The maximum Gasteiger partial charge on any atom is 0.261 e. The topological polar surface area (TPSA) is 96.5 Å². The average molecular weight is 377 g/mol. The molecule has 0 aliphatic carbocycles. The number of ether oxygens (including phenoxy) is 1. The van der Waals surface area contributed by atoms with Crippen molar-refractivity contribution in [3.05, 3.63) is 60.2 Å². The Hall–Kier alpha value is -2.42. The van der Waals surface area contributed by atoms with Gasteiger partial charge in [0.1, 0.15) is 0 Å². The summed E-state index contributed by atoms with van der Waals surface area (Å²) in [6.07, 6.45) is 0. The van der Waals surface area contributed by atoms with Crippen molar-refractivity contribution in [3.8, 4) is 0 Å². The molecule has 0 radical (unpaired) electrons. The third-order valence-electron chi connectivity index (χ3n) is 3.56. The standard InChI is InChI=1S/C18H23N3O4S/c1-25-12-11-19-14-18(22)20-13-15-7-5-6-10-17(15)21-26(23,24)16-8-3-2-4-9-16/h2-10,19,21H,11-14H2,1H3,(H,20,22). The summed E-state index contributed by atoms with van der Waals surface area (Å²) < 4.78 is 32.4. The molecule has 0 atom stereocenters. The van der Waals surface area contributed by atoms with Gasteiger partial charge in [0.05, 0.1) is 23.7 Å². The Morgan fingerprint density at radius 2 is 1.73 bits per heavy atom. The zero-order valence-corrected chi connectivity index (χ0v) is 15.4. The van der Waals surface area contributed by atoms with Gasteiger partial charge in [-0.1, -0.05) is 36.4 Å². The lowest BCUT2D eigenvalue weighted by Crippen LogP contribution is -2.35. The van der Waals surface area contributed by atoms with Gasteiger partial charge in [-0.2, -0.15) is 0 Å². The van der Waals surface area contributed by atoms with Gasteiger partial charge in [0.15, 0.2) is 0 Å². The van der Waals surface area contributed by atoms with Crippen molar-refractivity contribution < 1.29 is 17.9 Å². The molecule has 8 heteroatoms. The number of rotatable bonds is 10. The number of amides is 1. The number of hydrogen-bond acceptors (Lipinski definition) is 5. The summed E-state index contributed by atoms with van der Waals surface area (Å²) >= 11 is 0. The molecule has 0 aromatic heterocycles. The molecular formula is C18H23N3O4S. The third-order valence-corrected chi connectivity index (χ3v) is 4.94. The van der Waals surface area contributed by atoms with E-state index in [2.05, 4.69) is 15.4 Å². The quantitative estimate of drug-likeness (QED) is 0.543. The lowest BCUT2D eigenvalue weighted by Gasteiger charge is -2.13. The van der Waals surface area contributed by atoms with Crippen LogP contribution in [-0.4, -0.2) is 41.1 Å². The Kier molecular flexibility index (Phi) is 7.58. The molecular weight excluding hydrogens is 354 g/mol. The minimum Gasteiger partial charge on any atom is -0.383 e. The molecule has 0 aliphatic rings. The van der Waals surface area contributed by atoms with E-state index in [1.165, 1.54) is 12.1 Å². The number of nitrogens with one attached hydrogen (secondary N) is 3. The molecule has 0 saturated heterocycles. The number of para-hydroxylation sites is 1. The van der Waals surface area contributed by atoms with Gasteiger partial charge in [-0.05, 0) is 23.8 Å². The average Bonchev–Trinajstić information content (AvgIpc) is 2.65. The highest BCUT2D eigenvalue weighted by Gasteiger charge is 2.15. The molecule has 0 fully saturated rings. The van der Waals surface area contributed by atoms with Crippen molar-refractivity contribution in [2.75, 3.05) is 31.5 Å². The Labute approximate surface area is 153 Å². The zero-order valence-electron chi connectivity index (χ0n) is 14.6. The minimum atomic E-state index is -3.68. The van der Waals surface area contributed by atoms with Crippen molar-refractivity contribution >= 4 is 21.6 Å². The Morgan fingerprint density at radius 3 is 2.46 bits per heavy atom. The molecule has 2 aromatic carbocycles. The van der Waals surface area contributed by atoms with Crippen LogP contribution in [0.2, 0.25) is 0 Å². The van der Waals surface area contributed by atoms with Crippen LogP contribution >= 0.6 is 0 Å². The van der Waals surface area contributed by atoms with Gasteiger partial charge in [0, 0.05) is 20.2 Å². The normalized spacial score (nSPS) is 11.1. The summed E-state index contributed by atoms with van der Waals surface area (Å²) in [5.41, 5.74) is 1.11. The summed E-state index contributed by atoms with van der Waals surface area (Å²) in [5.74, 6) is -0.179. The summed E-state index contributed by atoms with van der Waals surface area (Å²) in [6.45, 7) is 1.49. The largest absolute Gasteiger partial charge is 0.383 e. The highest BCUT2D eigenvalue weighted by Crippen LogP contribution is 2.19. The van der Waals surface area contributed by atoms with E-state index in [0.717, 1.165) is 0 Å². The summed E-state index contributed by atoms with van der Waals surface area (Å²) in [7, 11) is -2.09. The van der Waals surface area contributed by atoms with Gasteiger partial charge in [0.25, 0.3) is 10.0 Å². The lowest BCUT2D eigenvalue weighted by molar-refractivity contribution is -0.120. The van der Waals surface area contributed by atoms with Gasteiger partial charge < -0.3 is 15.4 Å². The highest BCUT2D eigenvalue weighted by atomic mass is 32.2. The van der Waals surface area contributed by atoms with Crippen molar-refractivity contribution in [2.45, 2.75) is 11.4 Å². The fourth-order valence-corrected chi connectivity index (χ4v) is 3.33. The fraction of sp³-hybridized carbons (Fsp3) is 0.278. The van der Waals surface area contributed by atoms with Crippen LogP contribution in [0.15, 0.2) is 59.5 Å². The van der Waals surface area contributed by atoms with Crippen LogP contribution in [0.1, 0.15) is 5.56 Å². The maximum atomic E-state index is 12.5. The van der Waals surface area contributed by atoms with Crippen molar-refractivity contribution in [1.29, 1.82) is 0 Å². The first-order valence-corrected chi connectivity index (χ1v) is 9.63. The molecule has 0 heterocycles. The van der Waals surface area contributed by atoms with Gasteiger partial charge in [-0.25, -0.2) is 8.42 Å². The van der Waals surface area contributed by atoms with Gasteiger partial charge >= 0.3 is 0 Å². The predicted octanol–water partition coefficient (Wildman–Crippen LogP) is 1.34. The highest BCUT2D eigenvalue weighted by molar-refractivity contribution is 7.92. The molecule has 3 N–H and O–H groups in total. The molecule has 140 valence electrons. The molecule has 0 spiro atoms. The van der Waals surface area contributed by atoms with Crippen LogP contribution < -0.4 is 15.4 Å². The van der Waals surface area contributed by atoms with Crippen molar-refractivity contribution in [1.82, 2.24) is 10.6 Å². The van der Waals surface area contributed by atoms with E-state index in [4.69, 9.17) is 4.74 Å². The van der Waals surface area contributed by atoms with Crippen LogP contribution in [0.25, 0.3) is 0 Å². The second-order valence-corrected chi connectivity index (χ2v) is 7.20. The molecule has 1 amide bonds. The Morgan fingerprint density at radius 1 is 1.04 bits per heavy atom. The van der Waals surface area contributed by atoms with E-state index in [9.17, 15) is 13.2 Å². The van der Waals surface area contributed by atoms with Crippen molar-refractivity contribution in [3.63, 3.8) is 0 Å². The maximum absolute atomic E-state index is 12.5. The number of hydrogen-bond donors (Lipinski definition) is 3. The van der Waals surface area contributed by atoms with Gasteiger partial charge in [-0.3, -0.25) is 9.52 Å². The monoisotopic (exact) mass is 377 g/mol. The van der Waals surface area contributed by atoms with E-state index in [0.29, 0.717) is 24.4 Å². The summed E-state index contributed by atoms with van der Waals surface area (Å²) in [6, 6.07) is 15.1. The number of benzene rings is 2. The zero-order chi connectivity index (χ0) is 18.8. The van der Waals surface area contributed by atoms with E-state index < -0.39 is 10.0 Å². The molecule has 2 aromatic rings. The molecule has 26 heavy (non-hydrogen) atoms. The van der Waals surface area contributed by atoms with Gasteiger partial charge in [-0.15, -0.1) is 0 Å². The Bertz CT molecular complexity index is 810. The molecule has 0 aliphatic heterocycles. The molecule has 7 nitrogen and oxygen atoms in total. The predicted molar refractivity (Wildman–Crippen MR) is 100 cm³/mol. The van der Waals surface area contributed by atoms with Crippen LogP contribution in [0.4, 0.5) is 5.69 Å². The third kappa shape index (κ3) is 6.14. The first-order valence-electron chi connectivity index (χ1n) is 8.15. The second kappa shape index (κ2) is 9.91. The number of methoxy groups -OCH3 is 1. The summed E-state index contributed by atoms with van der Waals surface area (Å²) in [4.78, 5) is 12.0. The van der Waals surface area contributed by atoms with Crippen LogP contribution in [0.3, 0.4) is 0 Å². The molecule has 0 saturated carbocycles. The number of carbonyl (C=O) groups excluding carboxylic acids is 1.